The second-order valence-corrected chi connectivity index (χ2v) is 7.80. The smallest absolute Gasteiger partial charge is 0.240 e. The van der Waals surface area contributed by atoms with E-state index in [0.717, 1.165) is 31.2 Å². The van der Waals surface area contributed by atoms with E-state index < -0.39 is 10.0 Å². The molecule has 1 saturated carbocycles. The van der Waals surface area contributed by atoms with Gasteiger partial charge >= 0.3 is 0 Å². The zero-order valence-corrected chi connectivity index (χ0v) is 14.9. The lowest BCUT2D eigenvalue weighted by molar-refractivity contribution is -0.121. The summed E-state index contributed by atoms with van der Waals surface area (Å²) in [6, 6.07) is 6.81. The average Bonchev–Trinajstić information content (AvgIpc) is 3.06. The Hall–Kier alpha value is -1.44. The second kappa shape index (κ2) is 9.15. The molecule has 1 fully saturated rings. The molecule has 1 aliphatic rings. The number of sulfonamides is 1. The van der Waals surface area contributed by atoms with Crippen molar-refractivity contribution in [1.29, 1.82) is 0 Å². The number of methoxy groups -OCH3 is 1. The van der Waals surface area contributed by atoms with Crippen LogP contribution in [0.3, 0.4) is 0 Å². The highest BCUT2D eigenvalue weighted by molar-refractivity contribution is 7.89. The van der Waals surface area contributed by atoms with Gasteiger partial charge < -0.3 is 10.1 Å². The van der Waals surface area contributed by atoms with Gasteiger partial charge in [-0.3, -0.25) is 4.79 Å². The minimum Gasteiger partial charge on any atom is -0.383 e. The highest BCUT2D eigenvalue weighted by Crippen LogP contribution is 2.20. The fourth-order valence-electron chi connectivity index (χ4n) is 2.81. The summed E-state index contributed by atoms with van der Waals surface area (Å²) in [6.45, 7) is 0.992. The zero-order valence-electron chi connectivity index (χ0n) is 14.1. The lowest BCUT2D eigenvalue weighted by Gasteiger charge is -2.12. The number of carbonyl (C=O) groups excluding carboxylic acids is 1. The van der Waals surface area contributed by atoms with Gasteiger partial charge in [-0.15, -0.1) is 0 Å². The van der Waals surface area contributed by atoms with Crippen molar-refractivity contribution in [3.05, 3.63) is 29.8 Å². The molecule has 7 heteroatoms. The number of amides is 1. The first kappa shape index (κ1) is 18.9. The molecule has 2 N–H and O–H groups in total. The number of aryl methyl sites for hydroxylation is 1. The minimum absolute atomic E-state index is 0.0355. The van der Waals surface area contributed by atoms with Crippen LogP contribution in [0.25, 0.3) is 0 Å². The first-order chi connectivity index (χ1) is 11.5. The largest absolute Gasteiger partial charge is 0.383 e. The van der Waals surface area contributed by atoms with E-state index in [2.05, 4.69) is 10.0 Å². The molecule has 0 bridgehead atoms. The molecule has 1 aliphatic carbocycles. The van der Waals surface area contributed by atoms with E-state index in [1.165, 1.54) is 0 Å². The molecule has 1 aromatic rings. The van der Waals surface area contributed by atoms with E-state index in [-0.39, 0.29) is 16.8 Å². The van der Waals surface area contributed by atoms with Crippen molar-refractivity contribution in [3.63, 3.8) is 0 Å². The zero-order chi connectivity index (χ0) is 17.4. The number of carbonyl (C=O) groups is 1. The Morgan fingerprint density at radius 3 is 2.50 bits per heavy atom. The lowest BCUT2D eigenvalue weighted by Crippen LogP contribution is -2.32. The van der Waals surface area contributed by atoms with Crippen molar-refractivity contribution in [1.82, 2.24) is 10.0 Å². The van der Waals surface area contributed by atoms with Gasteiger partial charge in [0.15, 0.2) is 0 Å². The van der Waals surface area contributed by atoms with E-state index in [0.29, 0.717) is 26.0 Å². The molecule has 6 nitrogen and oxygen atoms in total. The predicted octanol–water partition coefficient (Wildman–Crippen LogP) is 1.60. The van der Waals surface area contributed by atoms with Crippen LogP contribution < -0.4 is 10.0 Å². The molecular formula is C17H26N2O4S. The molecule has 0 atom stereocenters. The van der Waals surface area contributed by atoms with Gasteiger partial charge in [-0.1, -0.05) is 25.0 Å². The molecule has 134 valence electrons. The van der Waals surface area contributed by atoms with Crippen molar-refractivity contribution >= 4 is 15.9 Å². The number of rotatable bonds is 9. The first-order valence-corrected chi connectivity index (χ1v) is 9.86. The van der Waals surface area contributed by atoms with E-state index in [9.17, 15) is 13.2 Å². The number of nitrogens with one attached hydrogen (secondary N) is 2. The van der Waals surface area contributed by atoms with Crippen LogP contribution in [0.5, 0.6) is 0 Å². The molecular weight excluding hydrogens is 328 g/mol. The molecule has 0 saturated heterocycles. The maximum atomic E-state index is 12.3. The number of benzene rings is 1. The van der Waals surface area contributed by atoms with Crippen LogP contribution in [0.4, 0.5) is 0 Å². The number of hydrogen-bond donors (Lipinski definition) is 2. The van der Waals surface area contributed by atoms with Gasteiger partial charge in [0.25, 0.3) is 0 Å². The minimum atomic E-state index is -3.45. The van der Waals surface area contributed by atoms with E-state index in [4.69, 9.17) is 4.74 Å². The van der Waals surface area contributed by atoms with Crippen molar-refractivity contribution < 1.29 is 17.9 Å². The standard InChI is InChI=1S/C17H26N2O4S/c1-23-13-12-18-17(20)11-8-14-6-9-16(10-7-14)24(21,22)19-15-4-2-3-5-15/h6-7,9-10,15,19H,2-5,8,11-13H2,1H3,(H,18,20). The molecule has 0 spiro atoms. The maximum absolute atomic E-state index is 12.3. The van der Waals surface area contributed by atoms with Crippen molar-refractivity contribution in [2.75, 3.05) is 20.3 Å². The van der Waals surface area contributed by atoms with Crippen LogP contribution >= 0.6 is 0 Å². The highest BCUT2D eigenvalue weighted by Gasteiger charge is 2.22. The Morgan fingerprint density at radius 2 is 1.88 bits per heavy atom. The summed E-state index contributed by atoms with van der Waals surface area (Å²) in [5.74, 6) is -0.0355. The first-order valence-electron chi connectivity index (χ1n) is 8.38. The fourth-order valence-corrected chi connectivity index (χ4v) is 4.11. The summed E-state index contributed by atoms with van der Waals surface area (Å²) in [5, 5.41) is 2.76. The lowest BCUT2D eigenvalue weighted by atomic mass is 10.1. The topological polar surface area (TPSA) is 84.5 Å². The Labute approximate surface area is 144 Å². The summed E-state index contributed by atoms with van der Waals surface area (Å²) < 4.78 is 32.3. The van der Waals surface area contributed by atoms with Gasteiger partial charge in [0, 0.05) is 26.1 Å². The van der Waals surface area contributed by atoms with Crippen molar-refractivity contribution in [2.45, 2.75) is 49.5 Å². The van der Waals surface area contributed by atoms with Crippen molar-refractivity contribution in [3.8, 4) is 0 Å². The number of hydrogen-bond acceptors (Lipinski definition) is 4. The third kappa shape index (κ3) is 5.89. The second-order valence-electron chi connectivity index (χ2n) is 6.09. The van der Waals surface area contributed by atoms with Crippen LogP contribution in [0.2, 0.25) is 0 Å². The number of ether oxygens (including phenoxy) is 1. The van der Waals surface area contributed by atoms with Gasteiger partial charge in [0.1, 0.15) is 0 Å². The molecule has 1 aromatic carbocycles. The molecule has 0 unspecified atom stereocenters. The van der Waals surface area contributed by atoms with Crippen LogP contribution in [0, 0.1) is 0 Å². The predicted molar refractivity (Wildman–Crippen MR) is 92.2 cm³/mol. The summed E-state index contributed by atoms with van der Waals surface area (Å²) >= 11 is 0. The molecule has 0 heterocycles. The Bertz CT molecular complexity index is 622. The quantitative estimate of drug-likeness (QED) is 0.660. The third-order valence-electron chi connectivity index (χ3n) is 4.18. The van der Waals surface area contributed by atoms with Gasteiger partial charge in [-0.25, -0.2) is 13.1 Å². The van der Waals surface area contributed by atoms with E-state index in [1.54, 1.807) is 31.4 Å². The monoisotopic (exact) mass is 354 g/mol. The van der Waals surface area contributed by atoms with Gasteiger partial charge in [0.2, 0.25) is 15.9 Å². The average molecular weight is 354 g/mol. The van der Waals surface area contributed by atoms with Gasteiger partial charge in [0.05, 0.1) is 11.5 Å². The normalized spacial score (nSPS) is 15.5. The van der Waals surface area contributed by atoms with Crippen LogP contribution in [0.15, 0.2) is 29.2 Å². The van der Waals surface area contributed by atoms with Crippen LogP contribution in [-0.4, -0.2) is 40.6 Å². The summed E-state index contributed by atoms with van der Waals surface area (Å²) in [4.78, 5) is 11.9. The summed E-state index contributed by atoms with van der Waals surface area (Å²) in [7, 11) is -1.86. The Morgan fingerprint density at radius 1 is 1.21 bits per heavy atom. The SMILES string of the molecule is COCCNC(=O)CCc1ccc(S(=O)(=O)NC2CCCC2)cc1. The van der Waals surface area contributed by atoms with Crippen LogP contribution in [0.1, 0.15) is 37.7 Å². The van der Waals surface area contributed by atoms with Crippen molar-refractivity contribution in [2.24, 2.45) is 0 Å². The molecule has 0 aliphatic heterocycles. The maximum Gasteiger partial charge on any atom is 0.240 e. The van der Waals surface area contributed by atoms with E-state index in [1.807, 2.05) is 0 Å². The summed E-state index contributed by atoms with van der Waals surface area (Å²) in [5.41, 5.74) is 0.941. The third-order valence-corrected chi connectivity index (χ3v) is 5.72. The summed E-state index contributed by atoms with van der Waals surface area (Å²) in [6.07, 6.45) is 4.94. The molecule has 2 rings (SSSR count). The molecule has 0 aromatic heterocycles. The van der Waals surface area contributed by atoms with Gasteiger partial charge in [-0.2, -0.15) is 0 Å². The Kier molecular flexibility index (Phi) is 7.20. The highest BCUT2D eigenvalue weighted by atomic mass is 32.2. The molecule has 0 radical (unpaired) electrons. The van der Waals surface area contributed by atoms with E-state index >= 15 is 0 Å². The fraction of sp³-hybridized carbons (Fsp3) is 0.588. The molecule has 1 amide bonds. The van der Waals surface area contributed by atoms with Gasteiger partial charge in [-0.05, 0) is 37.0 Å². The molecule has 24 heavy (non-hydrogen) atoms. The Balaban J connectivity index is 1.84. The van der Waals surface area contributed by atoms with Crippen LogP contribution in [-0.2, 0) is 26.0 Å².